The van der Waals surface area contributed by atoms with Gasteiger partial charge in [-0.1, -0.05) is 18.2 Å². The molecule has 0 unspecified atom stereocenters. The van der Waals surface area contributed by atoms with Crippen LogP contribution in [0.1, 0.15) is 34.8 Å². The maximum absolute atomic E-state index is 12.3. The minimum Gasteiger partial charge on any atom is -0.496 e. The molecule has 0 fully saturated rings. The number of aryl methyl sites for hydroxylation is 2. The first kappa shape index (κ1) is 20.4. The summed E-state index contributed by atoms with van der Waals surface area (Å²) >= 11 is 0. The lowest BCUT2D eigenvalue weighted by Gasteiger charge is -2.15. The topological polar surface area (TPSA) is 93.7 Å². The fourth-order valence-corrected chi connectivity index (χ4v) is 3.27. The van der Waals surface area contributed by atoms with Crippen molar-refractivity contribution < 1.29 is 23.9 Å². The highest BCUT2D eigenvalue weighted by Crippen LogP contribution is 2.25. The normalized spacial score (nSPS) is 13.2. The average molecular weight is 396 g/mol. The van der Waals surface area contributed by atoms with Crippen molar-refractivity contribution in [3.8, 4) is 5.75 Å². The lowest BCUT2D eigenvalue weighted by molar-refractivity contribution is -0.152. The number of methoxy groups -OCH3 is 1. The Kier molecular flexibility index (Phi) is 6.49. The van der Waals surface area contributed by atoms with Crippen molar-refractivity contribution in [2.75, 3.05) is 19.0 Å². The molecular formula is C22H24N2O5. The number of para-hydroxylation sites is 1. The third-order valence-corrected chi connectivity index (χ3v) is 4.79. The zero-order valence-corrected chi connectivity index (χ0v) is 16.5. The molecular weight excluding hydrogens is 372 g/mol. The van der Waals surface area contributed by atoms with Crippen LogP contribution in [0.2, 0.25) is 0 Å². The van der Waals surface area contributed by atoms with Gasteiger partial charge < -0.3 is 20.1 Å². The first-order chi connectivity index (χ1) is 14.0. The Morgan fingerprint density at radius 1 is 1.07 bits per heavy atom. The molecule has 2 aromatic carbocycles. The van der Waals surface area contributed by atoms with Gasteiger partial charge in [-0.2, -0.15) is 0 Å². The maximum atomic E-state index is 12.3. The van der Waals surface area contributed by atoms with Crippen LogP contribution in [0.25, 0.3) is 0 Å². The minimum atomic E-state index is -0.987. The van der Waals surface area contributed by atoms with Gasteiger partial charge in [0.05, 0.1) is 12.7 Å². The molecule has 29 heavy (non-hydrogen) atoms. The summed E-state index contributed by atoms with van der Waals surface area (Å²) in [6, 6.07) is 12.5. The van der Waals surface area contributed by atoms with Crippen LogP contribution in [-0.4, -0.2) is 37.5 Å². The number of amides is 2. The van der Waals surface area contributed by atoms with Gasteiger partial charge in [0, 0.05) is 5.69 Å². The average Bonchev–Trinajstić information content (AvgIpc) is 3.19. The minimum absolute atomic E-state index is 0.310. The van der Waals surface area contributed by atoms with Gasteiger partial charge in [-0.3, -0.25) is 14.4 Å². The van der Waals surface area contributed by atoms with Crippen LogP contribution in [0.15, 0.2) is 42.5 Å². The van der Waals surface area contributed by atoms with Crippen LogP contribution in [0.5, 0.6) is 5.75 Å². The lowest BCUT2D eigenvalue weighted by atomic mass is 10.1. The molecule has 0 aliphatic heterocycles. The van der Waals surface area contributed by atoms with Crippen molar-refractivity contribution >= 4 is 23.5 Å². The van der Waals surface area contributed by atoms with E-state index in [-0.39, 0.29) is 6.54 Å². The lowest BCUT2D eigenvalue weighted by Crippen LogP contribution is -2.36. The molecule has 0 bridgehead atoms. The number of nitrogens with one attached hydrogen (secondary N) is 2. The Hall–Kier alpha value is -3.35. The number of hydrogen-bond acceptors (Lipinski definition) is 5. The van der Waals surface area contributed by atoms with E-state index in [0.29, 0.717) is 17.0 Å². The van der Waals surface area contributed by atoms with E-state index in [9.17, 15) is 14.4 Å². The predicted octanol–water partition coefficient (Wildman–Crippen LogP) is 2.48. The summed E-state index contributed by atoms with van der Waals surface area (Å²) in [6.07, 6.45) is 2.22. The number of carbonyl (C=O) groups is 3. The molecule has 2 amide bonds. The third-order valence-electron chi connectivity index (χ3n) is 4.79. The van der Waals surface area contributed by atoms with Crippen molar-refractivity contribution in [3.05, 3.63) is 59.2 Å². The molecule has 152 valence electrons. The van der Waals surface area contributed by atoms with E-state index < -0.39 is 23.9 Å². The molecule has 0 spiro atoms. The van der Waals surface area contributed by atoms with Crippen molar-refractivity contribution in [2.45, 2.75) is 32.3 Å². The van der Waals surface area contributed by atoms with Crippen LogP contribution in [0, 0.1) is 0 Å². The Bertz CT molecular complexity index is 925. The molecule has 0 aromatic heterocycles. The van der Waals surface area contributed by atoms with E-state index >= 15 is 0 Å². The number of rotatable bonds is 7. The van der Waals surface area contributed by atoms with Gasteiger partial charge in [0.25, 0.3) is 11.8 Å². The molecule has 1 atom stereocenters. The molecule has 7 heteroatoms. The molecule has 0 saturated carbocycles. The summed E-state index contributed by atoms with van der Waals surface area (Å²) in [6.45, 7) is 1.13. The Morgan fingerprint density at radius 2 is 1.83 bits per heavy atom. The van der Waals surface area contributed by atoms with E-state index in [2.05, 4.69) is 10.6 Å². The zero-order valence-electron chi connectivity index (χ0n) is 16.5. The van der Waals surface area contributed by atoms with Crippen LogP contribution in [0.4, 0.5) is 5.69 Å². The number of benzene rings is 2. The first-order valence-electron chi connectivity index (χ1n) is 9.51. The third kappa shape index (κ3) is 5.13. The van der Waals surface area contributed by atoms with Crippen LogP contribution in [0.3, 0.4) is 0 Å². The number of carbonyl (C=O) groups excluding carboxylic acids is 3. The van der Waals surface area contributed by atoms with Crippen LogP contribution < -0.4 is 15.4 Å². The second-order valence-corrected chi connectivity index (χ2v) is 6.84. The van der Waals surface area contributed by atoms with E-state index in [4.69, 9.17) is 9.47 Å². The van der Waals surface area contributed by atoms with Crippen molar-refractivity contribution in [3.63, 3.8) is 0 Å². The Labute approximate surface area is 169 Å². The highest BCUT2D eigenvalue weighted by Gasteiger charge is 2.20. The van der Waals surface area contributed by atoms with Gasteiger partial charge in [-0.25, -0.2) is 0 Å². The molecule has 1 aliphatic carbocycles. The SMILES string of the molecule is COc1ccccc1C(=O)NCC(=O)O[C@H](C)C(=O)Nc1ccc2c(c1)CCC2. The monoisotopic (exact) mass is 396 g/mol. The summed E-state index contributed by atoms with van der Waals surface area (Å²) in [5, 5.41) is 5.23. The second kappa shape index (κ2) is 9.23. The summed E-state index contributed by atoms with van der Waals surface area (Å²) in [4.78, 5) is 36.5. The van der Waals surface area contributed by atoms with Gasteiger partial charge in [-0.05, 0) is 61.6 Å². The zero-order chi connectivity index (χ0) is 20.8. The van der Waals surface area contributed by atoms with Gasteiger partial charge in [0.2, 0.25) is 0 Å². The number of esters is 1. The standard InChI is InChI=1S/C22H24N2O5/c1-14(21(26)24-17-11-10-15-6-5-7-16(15)12-17)29-20(25)13-23-22(27)18-8-3-4-9-19(18)28-2/h3-4,8-12,14H,5-7,13H2,1-2H3,(H,23,27)(H,24,26)/t14-/m1/s1. The second-order valence-electron chi connectivity index (χ2n) is 6.84. The highest BCUT2D eigenvalue weighted by molar-refractivity contribution is 5.99. The van der Waals surface area contributed by atoms with E-state index in [1.807, 2.05) is 18.2 Å². The summed E-state index contributed by atoms with van der Waals surface area (Å²) in [5.41, 5.74) is 3.55. The van der Waals surface area contributed by atoms with Gasteiger partial charge in [0.1, 0.15) is 12.3 Å². The quantitative estimate of drug-likeness (QED) is 0.702. The summed E-state index contributed by atoms with van der Waals surface area (Å²) in [5.74, 6) is -1.19. The molecule has 2 N–H and O–H groups in total. The predicted molar refractivity (Wildman–Crippen MR) is 108 cm³/mol. The number of anilines is 1. The molecule has 0 saturated heterocycles. The van der Waals surface area contributed by atoms with Crippen molar-refractivity contribution in [1.82, 2.24) is 5.32 Å². The summed E-state index contributed by atoms with van der Waals surface area (Å²) < 4.78 is 10.2. The largest absolute Gasteiger partial charge is 0.496 e. The fraction of sp³-hybridized carbons (Fsp3) is 0.318. The molecule has 1 aliphatic rings. The molecule has 2 aromatic rings. The Morgan fingerprint density at radius 3 is 2.62 bits per heavy atom. The Balaban J connectivity index is 1.48. The van der Waals surface area contributed by atoms with Gasteiger partial charge in [-0.15, -0.1) is 0 Å². The van der Waals surface area contributed by atoms with E-state index in [0.717, 1.165) is 19.3 Å². The van der Waals surface area contributed by atoms with Crippen LogP contribution in [-0.2, 0) is 27.2 Å². The van der Waals surface area contributed by atoms with E-state index in [1.54, 1.807) is 24.3 Å². The first-order valence-corrected chi connectivity index (χ1v) is 9.51. The van der Waals surface area contributed by atoms with Gasteiger partial charge in [0.15, 0.2) is 6.10 Å². The number of ether oxygens (including phenoxy) is 2. The molecule has 7 nitrogen and oxygen atoms in total. The number of hydrogen-bond donors (Lipinski definition) is 2. The smallest absolute Gasteiger partial charge is 0.326 e. The molecule has 0 radical (unpaired) electrons. The maximum Gasteiger partial charge on any atom is 0.326 e. The van der Waals surface area contributed by atoms with Crippen LogP contribution >= 0.6 is 0 Å². The molecule has 0 heterocycles. The van der Waals surface area contributed by atoms with Crippen molar-refractivity contribution in [1.29, 1.82) is 0 Å². The molecule has 3 rings (SSSR count). The number of fused-ring (bicyclic) bond motifs is 1. The van der Waals surface area contributed by atoms with Gasteiger partial charge >= 0.3 is 5.97 Å². The fourth-order valence-electron chi connectivity index (χ4n) is 3.27. The summed E-state index contributed by atoms with van der Waals surface area (Å²) in [7, 11) is 1.46. The highest BCUT2D eigenvalue weighted by atomic mass is 16.5. The van der Waals surface area contributed by atoms with E-state index in [1.165, 1.54) is 25.2 Å². The van der Waals surface area contributed by atoms with Crippen molar-refractivity contribution in [2.24, 2.45) is 0 Å².